The molecule has 0 saturated carbocycles. The van der Waals surface area contributed by atoms with Crippen LogP contribution in [0.5, 0.6) is 0 Å². The summed E-state index contributed by atoms with van der Waals surface area (Å²) in [5.74, 6) is 0.621. The smallest absolute Gasteiger partial charge is 0.241 e. The van der Waals surface area contributed by atoms with Crippen LogP contribution in [-0.4, -0.2) is 18.5 Å². The van der Waals surface area contributed by atoms with E-state index in [1.807, 2.05) is 0 Å². The summed E-state index contributed by atoms with van der Waals surface area (Å²) < 4.78 is 0. The number of carbonyl (C=O) groups is 1. The van der Waals surface area contributed by atoms with E-state index < -0.39 is 0 Å². The van der Waals surface area contributed by atoms with Gasteiger partial charge < -0.3 is 10.6 Å². The van der Waals surface area contributed by atoms with Gasteiger partial charge in [-0.2, -0.15) is 0 Å². The molecule has 0 unspecified atom stereocenters. The van der Waals surface area contributed by atoms with Crippen LogP contribution in [0.4, 0.5) is 0 Å². The van der Waals surface area contributed by atoms with Crippen LogP contribution in [0.1, 0.15) is 61.8 Å². The first-order chi connectivity index (χ1) is 8.93. The maximum Gasteiger partial charge on any atom is 0.241 e. The van der Waals surface area contributed by atoms with E-state index in [4.69, 9.17) is 0 Å². The molecule has 1 atom stereocenters. The SMILES string of the molecule is CC(C)C[C@@H]1NCC(C(C)(C)C)=C(C(C)(C)C)NC1=O. The highest BCUT2D eigenvalue weighted by molar-refractivity contribution is 5.84. The second-order valence-electron chi connectivity index (χ2n) is 8.41. The van der Waals surface area contributed by atoms with Gasteiger partial charge in [0, 0.05) is 17.7 Å². The molecule has 0 radical (unpaired) electrons. The van der Waals surface area contributed by atoms with Crippen molar-refractivity contribution in [1.82, 2.24) is 10.6 Å². The first-order valence-electron chi connectivity index (χ1n) is 7.71. The number of amides is 1. The maximum absolute atomic E-state index is 12.5. The second-order valence-corrected chi connectivity index (χ2v) is 8.41. The van der Waals surface area contributed by atoms with Crippen molar-refractivity contribution in [2.45, 2.75) is 67.9 Å². The molecule has 116 valence electrons. The molecule has 0 aromatic rings. The van der Waals surface area contributed by atoms with Crippen LogP contribution in [0.2, 0.25) is 0 Å². The van der Waals surface area contributed by atoms with E-state index in [1.165, 1.54) is 5.57 Å². The van der Waals surface area contributed by atoms with Gasteiger partial charge in [0.15, 0.2) is 0 Å². The molecule has 0 aliphatic carbocycles. The van der Waals surface area contributed by atoms with E-state index in [9.17, 15) is 4.79 Å². The highest BCUT2D eigenvalue weighted by Gasteiger charge is 2.34. The average Bonchev–Trinajstić information content (AvgIpc) is 2.37. The van der Waals surface area contributed by atoms with E-state index in [1.54, 1.807) is 0 Å². The lowest BCUT2D eigenvalue weighted by atomic mass is 9.78. The van der Waals surface area contributed by atoms with Gasteiger partial charge in [0.25, 0.3) is 0 Å². The number of hydrogen-bond donors (Lipinski definition) is 2. The average molecular weight is 280 g/mol. The van der Waals surface area contributed by atoms with Gasteiger partial charge in [0.05, 0.1) is 6.04 Å². The van der Waals surface area contributed by atoms with Crippen molar-refractivity contribution >= 4 is 5.91 Å². The number of hydrogen-bond acceptors (Lipinski definition) is 2. The van der Waals surface area contributed by atoms with Crippen LogP contribution in [0, 0.1) is 16.7 Å². The Balaban J connectivity index is 3.13. The van der Waals surface area contributed by atoms with Gasteiger partial charge in [0.1, 0.15) is 0 Å². The van der Waals surface area contributed by atoms with Gasteiger partial charge in [-0.15, -0.1) is 0 Å². The largest absolute Gasteiger partial charge is 0.328 e. The predicted molar refractivity (Wildman–Crippen MR) is 85.3 cm³/mol. The van der Waals surface area contributed by atoms with Crippen molar-refractivity contribution in [2.75, 3.05) is 6.54 Å². The number of nitrogens with one attached hydrogen (secondary N) is 2. The molecule has 20 heavy (non-hydrogen) atoms. The van der Waals surface area contributed by atoms with E-state index in [0.717, 1.165) is 18.7 Å². The van der Waals surface area contributed by atoms with Gasteiger partial charge in [0.2, 0.25) is 5.91 Å². The van der Waals surface area contributed by atoms with E-state index >= 15 is 0 Å². The van der Waals surface area contributed by atoms with Gasteiger partial charge in [-0.05, 0) is 23.3 Å². The quantitative estimate of drug-likeness (QED) is 0.813. The number of carbonyl (C=O) groups excluding carboxylic acids is 1. The number of rotatable bonds is 2. The molecule has 2 N–H and O–H groups in total. The predicted octanol–water partition coefficient (Wildman–Crippen LogP) is 3.47. The molecular formula is C17H32N2O. The molecule has 1 amide bonds. The molecule has 0 bridgehead atoms. The lowest BCUT2D eigenvalue weighted by Gasteiger charge is -2.32. The van der Waals surface area contributed by atoms with Crippen LogP contribution < -0.4 is 10.6 Å². The Morgan fingerprint density at radius 1 is 1.10 bits per heavy atom. The molecule has 0 aromatic carbocycles. The summed E-state index contributed by atoms with van der Waals surface area (Å²) >= 11 is 0. The lowest BCUT2D eigenvalue weighted by molar-refractivity contribution is -0.122. The van der Waals surface area contributed by atoms with Crippen molar-refractivity contribution in [3.8, 4) is 0 Å². The van der Waals surface area contributed by atoms with E-state index in [-0.39, 0.29) is 22.8 Å². The molecule has 0 fully saturated rings. The fraction of sp³-hybridized carbons (Fsp3) is 0.824. The highest BCUT2D eigenvalue weighted by Crippen LogP contribution is 2.35. The Labute approximate surface area is 124 Å². The molecule has 0 spiro atoms. The first-order valence-corrected chi connectivity index (χ1v) is 7.71. The summed E-state index contributed by atoms with van der Waals surface area (Å²) in [6, 6.07) is -0.0906. The molecule has 0 aromatic heterocycles. The monoisotopic (exact) mass is 280 g/mol. The minimum atomic E-state index is -0.0906. The minimum Gasteiger partial charge on any atom is -0.328 e. The third-order valence-electron chi connectivity index (χ3n) is 3.75. The van der Waals surface area contributed by atoms with Gasteiger partial charge in [-0.1, -0.05) is 55.4 Å². The third-order valence-corrected chi connectivity index (χ3v) is 3.75. The van der Waals surface area contributed by atoms with Gasteiger partial charge in [-0.3, -0.25) is 4.79 Å². The summed E-state index contributed by atoms with van der Waals surface area (Å²) in [6.07, 6.45) is 0.876. The van der Waals surface area contributed by atoms with Crippen molar-refractivity contribution in [3.63, 3.8) is 0 Å². The van der Waals surface area contributed by atoms with Crippen molar-refractivity contribution in [3.05, 3.63) is 11.3 Å². The summed E-state index contributed by atoms with van der Waals surface area (Å²) in [6.45, 7) is 18.2. The third kappa shape index (κ3) is 4.34. The van der Waals surface area contributed by atoms with Crippen LogP contribution in [0.25, 0.3) is 0 Å². The Morgan fingerprint density at radius 3 is 2.05 bits per heavy atom. The molecule has 3 nitrogen and oxygen atoms in total. The molecular weight excluding hydrogens is 248 g/mol. The second kappa shape index (κ2) is 5.88. The van der Waals surface area contributed by atoms with Crippen LogP contribution in [0.15, 0.2) is 11.3 Å². The molecule has 0 saturated heterocycles. The normalized spacial score (nSPS) is 22.1. The number of allylic oxidation sites excluding steroid dienone is 1. The molecule has 3 heteroatoms. The van der Waals surface area contributed by atoms with E-state index in [0.29, 0.717) is 5.92 Å². The highest BCUT2D eigenvalue weighted by atomic mass is 16.2. The molecule has 1 heterocycles. The zero-order chi connectivity index (χ0) is 15.7. The van der Waals surface area contributed by atoms with Crippen molar-refractivity contribution in [1.29, 1.82) is 0 Å². The maximum atomic E-state index is 12.5. The molecule has 1 aliphatic rings. The first kappa shape index (κ1) is 17.2. The standard InChI is InChI=1S/C17H32N2O/c1-11(2)9-13-15(20)19-14(17(6,7)8)12(10-18-13)16(3,4)5/h11,13,18H,9-10H2,1-8H3,(H,19,20)/t13-/m0/s1. The molecule has 1 rings (SSSR count). The van der Waals surface area contributed by atoms with Gasteiger partial charge >= 0.3 is 0 Å². The Hall–Kier alpha value is -0.830. The minimum absolute atomic E-state index is 0.0489. The molecule has 1 aliphatic heterocycles. The fourth-order valence-corrected chi connectivity index (χ4v) is 2.63. The Bertz CT molecular complexity index is 394. The van der Waals surface area contributed by atoms with Crippen molar-refractivity contribution < 1.29 is 4.79 Å². The topological polar surface area (TPSA) is 41.1 Å². The van der Waals surface area contributed by atoms with Gasteiger partial charge in [-0.25, -0.2) is 0 Å². The summed E-state index contributed by atoms with van der Waals surface area (Å²) in [5.41, 5.74) is 2.40. The van der Waals surface area contributed by atoms with Crippen LogP contribution in [0.3, 0.4) is 0 Å². The van der Waals surface area contributed by atoms with E-state index in [2.05, 4.69) is 66.0 Å². The van der Waals surface area contributed by atoms with Crippen LogP contribution >= 0.6 is 0 Å². The lowest BCUT2D eigenvalue weighted by Crippen LogP contribution is -2.43. The zero-order valence-electron chi connectivity index (χ0n) is 14.5. The van der Waals surface area contributed by atoms with Crippen LogP contribution in [-0.2, 0) is 4.79 Å². The summed E-state index contributed by atoms with van der Waals surface area (Å²) in [5, 5.41) is 6.66. The Morgan fingerprint density at radius 2 is 1.65 bits per heavy atom. The summed E-state index contributed by atoms with van der Waals surface area (Å²) in [4.78, 5) is 12.5. The Kier molecular flexibility index (Phi) is 5.07. The fourth-order valence-electron chi connectivity index (χ4n) is 2.63. The van der Waals surface area contributed by atoms with Crippen molar-refractivity contribution in [2.24, 2.45) is 16.7 Å². The zero-order valence-corrected chi connectivity index (χ0v) is 14.5. The summed E-state index contributed by atoms with van der Waals surface area (Å²) in [7, 11) is 0.